The summed E-state index contributed by atoms with van der Waals surface area (Å²) in [6, 6.07) is 13.8. The zero-order valence-electron chi connectivity index (χ0n) is 9.46. The van der Waals surface area contributed by atoms with Gasteiger partial charge in [0, 0.05) is 17.3 Å². The molecular weight excluding hydrogens is 210 g/mol. The highest BCUT2D eigenvalue weighted by atomic mass is 14.9. The van der Waals surface area contributed by atoms with Crippen molar-refractivity contribution in [3.05, 3.63) is 54.4 Å². The third kappa shape index (κ3) is 1.87. The molecule has 17 heavy (non-hydrogen) atoms. The lowest BCUT2D eigenvalue weighted by atomic mass is 10.2. The lowest BCUT2D eigenvalue weighted by molar-refractivity contribution is 1.18. The second kappa shape index (κ2) is 3.94. The van der Waals surface area contributed by atoms with Crippen molar-refractivity contribution >= 4 is 11.0 Å². The van der Waals surface area contributed by atoms with Gasteiger partial charge in [0.15, 0.2) is 5.65 Å². The molecule has 0 spiro atoms. The fourth-order valence-electron chi connectivity index (χ4n) is 1.78. The Bertz CT molecular complexity index is 677. The maximum atomic E-state index is 4.51. The van der Waals surface area contributed by atoms with Crippen LogP contribution in [-0.2, 0) is 0 Å². The van der Waals surface area contributed by atoms with Crippen molar-refractivity contribution in [3.63, 3.8) is 0 Å². The molecular formula is C14H11N3. The Kier molecular flexibility index (Phi) is 2.29. The summed E-state index contributed by atoms with van der Waals surface area (Å²) < 4.78 is 0. The number of aryl methyl sites for hydroxylation is 1. The standard InChI is InChI=1S/C14H11N3/c1-10-4-2-6-12(16-10)13-8-7-11-5-3-9-15-14(11)17-13/h2-9H,1H3. The van der Waals surface area contributed by atoms with Crippen molar-refractivity contribution in [1.29, 1.82) is 0 Å². The molecule has 0 amide bonds. The Morgan fingerprint density at radius 1 is 0.824 bits per heavy atom. The minimum Gasteiger partial charge on any atom is -0.251 e. The summed E-state index contributed by atoms with van der Waals surface area (Å²) in [5.74, 6) is 0. The topological polar surface area (TPSA) is 38.7 Å². The van der Waals surface area contributed by atoms with Crippen LogP contribution in [0.3, 0.4) is 0 Å². The van der Waals surface area contributed by atoms with Gasteiger partial charge in [-0.05, 0) is 43.3 Å². The fraction of sp³-hybridized carbons (Fsp3) is 0.0714. The van der Waals surface area contributed by atoms with E-state index in [9.17, 15) is 0 Å². The van der Waals surface area contributed by atoms with Gasteiger partial charge in [0.05, 0.1) is 11.4 Å². The average molecular weight is 221 g/mol. The molecule has 0 saturated carbocycles. The molecule has 3 aromatic heterocycles. The summed E-state index contributed by atoms with van der Waals surface area (Å²) >= 11 is 0. The Balaban J connectivity index is 2.18. The average Bonchev–Trinajstić information content (AvgIpc) is 2.38. The molecule has 3 rings (SSSR count). The van der Waals surface area contributed by atoms with Crippen LogP contribution in [0, 0.1) is 6.92 Å². The van der Waals surface area contributed by atoms with E-state index in [-0.39, 0.29) is 0 Å². The third-order valence-electron chi connectivity index (χ3n) is 2.61. The van der Waals surface area contributed by atoms with Gasteiger partial charge in [0.1, 0.15) is 0 Å². The second-order valence-electron chi connectivity index (χ2n) is 3.91. The minimum atomic E-state index is 0.758. The maximum absolute atomic E-state index is 4.51. The molecule has 0 atom stereocenters. The van der Waals surface area contributed by atoms with Crippen molar-refractivity contribution in [2.45, 2.75) is 6.92 Å². The number of aromatic nitrogens is 3. The van der Waals surface area contributed by atoms with E-state index in [1.165, 1.54) is 0 Å². The molecule has 0 aliphatic rings. The van der Waals surface area contributed by atoms with Crippen LogP contribution >= 0.6 is 0 Å². The van der Waals surface area contributed by atoms with Crippen LogP contribution in [0.25, 0.3) is 22.4 Å². The zero-order chi connectivity index (χ0) is 11.7. The highest BCUT2D eigenvalue weighted by molar-refractivity contribution is 5.77. The largest absolute Gasteiger partial charge is 0.251 e. The monoisotopic (exact) mass is 221 g/mol. The lowest BCUT2D eigenvalue weighted by Crippen LogP contribution is -1.91. The number of fused-ring (bicyclic) bond motifs is 1. The summed E-state index contributed by atoms with van der Waals surface area (Å²) in [5.41, 5.74) is 3.50. The van der Waals surface area contributed by atoms with Crippen LogP contribution in [0.15, 0.2) is 48.7 Å². The molecule has 3 aromatic rings. The Morgan fingerprint density at radius 2 is 1.71 bits per heavy atom. The number of hydrogen-bond donors (Lipinski definition) is 0. The van der Waals surface area contributed by atoms with Crippen LogP contribution in [0.5, 0.6) is 0 Å². The summed E-state index contributed by atoms with van der Waals surface area (Å²) in [6.45, 7) is 1.97. The van der Waals surface area contributed by atoms with Gasteiger partial charge in [0.2, 0.25) is 0 Å². The fourth-order valence-corrected chi connectivity index (χ4v) is 1.78. The maximum Gasteiger partial charge on any atom is 0.159 e. The van der Waals surface area contributed by atoms with E-state index in [2.05, 4.69) is 15.0 Å². The molecule has 82 valence electrons. The molecule has 0 aromatic carbocycles. The molecule has 0 saturated heterocycles. The number of nitrogens with zero attached hydrogens (tertiary/aromatic N) is 3. The van der Waals surface area contributed by atoms with E-state index in [0.717, 1.165) is 28.1 Å². The molecule has 0 aliphatic heterocycles. The van der Waals surface area contributed by atoms with Crippen molar-refractivity contribution in [3.8, 4) is 11.4 Å². The van der Waals surface area contributed by atoms with Gasteiger partial charge >= 0.3 is 0 Å². The minimum absolute atomic E-state index is 0.758. The van der Waals surface area contributed by atoms with E-state index in [0.29, 0.717) is 0 Å². The van der Waals surface area contributed by atoms with Crippen molar-refractivity contribution in [2.75, 3.05) is 0 Å². The predicted molar refractivity (Wildman–Crippen MR) is 67.5 cm³/mol. The van der Waals surface area contributed by atoms with Gasteiger partial charge < -0.3 is 0 Å². The van der Waals surface area contributed by atoms with Gasteiger partial charge in [-0.25, -0.2) is 9.97 Å². The van der Waals surface area contributed by atoms with Crippen LogP contribution in [0.2, 0.25) is 0 Å². The zero-order valence-corrected chi connectivity index (χ0v) is 9.46. The smallest absolute Gasteiger partial charge is 0.159 e. The Morgan fingerprint density at radius 3 is 2.59 bits per heavy atom. The Labute approximate surface area is 99.2 Å². The van der Waals surface area contributed by atoms with Gasteiger partial charge in [-0.3, -0.25) is 4.98 Å². The van der Waals surface area contributed by atoms with Crippen LogP contribution in [-0.4, -0.2) is 15.0 Å². The summed E-state index contributed by atoms with van der Waals surface area (Å²) in [4.78, 5) is 13.2. The van der Waals surface area contributed by atoms with Crippen LogP contribution in [0.4, 0.5) is 0 Å². The van der Waals surface area contributed by atoms with E-state index >= 15 is 0 Å². The molecule has 0 radical (unpaired) electrons. The Hall–Kier alpha value is -2.29. The quantitative estimate of drug-likeness (QED) is 0.634. The number of pyridine rings is 3. The van der Waals surface area contributed by atoms with E-state index < -0.39 is 0 Å². The normalized spacial score (nSPS) is 10.6. The highest BCUT2D eigenvalue weighted by Crippen LogP contribution is 2.18. The molecule has 3 nitrogen and oxygen atoms in total. The van der Waals surface area contributed by atoms with Crippen molar-refractivity contribution in [1.82, 2.24) is 15.0 Å². The molecule has 0 unspecified atom stereocenters. The van der Waals surface area contributed by atoms with Gasteiger partial charge in [0.25, 0.3) is 0 Å². The number of rotatable bonds is 1. The summed E-state index contributed by atoms with van der Waals surface area (Å²) in [7, 11) is 0. The van der Waals surface area contributed by atoms with Crippen LogP contribution < -0.4 is 0 Å². The third-order valence-corrected chi connectivity index (χ3v) is 2.61. The molecule has 3 heterocycles. The number of hydrogen-bond acceptors (Lipinski definition) is 3. The lowest BCUT2D eigenvalue weighted by Gasteiger charge is -2.02. The van der Waals surface area contributed by atoms with E-state index in [4.69, 9.17) is 0 Å². The first kappa shape index (κ1) is 9.90. The molecule has 0 N–H and O–H groups in total. The first-order valence-electron chi connectivity index (χ1n) is 5.49. The summed E-state index contributed by atoms with van der Waals surface area (Å²) in [6.07, 6.45) is 1.75. The predicted octanol–water partition coefficient (Wildman–Crippen LogP) is 3.00. The first-order valence-corrected chi connectivity index (χ1v) is 5.49. The first-order chi connectivity index (χ1) is 8.33. The SMILES string of the molecule is Cc1cccc(-c2ccc3cccnc3n2)n1. The van der Waals surface area contributed by atoms with Crippen molar-refractivity contribution < 1.29 is 0 Å². The van der Waals surface area contributed by atoms with E-state index in [1.807, 2.05) is 49.4 Å². The van der Waals surface area contributed by atoms with Gasteiger partial charge in [-0.2, -0.15) is 0 Å². The second-order valence-corrected chi connectivity index (χ2v) is 3.91. The van der Waals surface area contributed by atoms with Gasteiger partial charge in [-0.1, -0.05) is 6.07 Å². The molecule has 3 heteroatoms. The van der Waals surface area contributed by atoms with E-state index in [1.54, 1.807) is 6.20 Å². The molecule has 0 bridgehead atoms. The van der Waals surface area contributed by atoms with Crippen molar-refractivity contribution in [2.24, 2.45) is 0 Å². The highest BCUT2D eigenvalue weighted by Gasteiger charge is 2.02. The van der Waals surface area contributed by atoms with Gasteiger partial charge in [-0.15, -0.1) is 0 Å². The van der Waals surface area contributed by atoms with Crippen LogP contribution in [0.1, 0.15) is 5.69 Å². The molecule has 0 aliphatic carbocycles. The summed E-state index contributed by atoms with van der Waals surface area (Å²) in [5, 5.41) is 1.05. The molecule has 0 fully saturated rings.